The summed E-state index contributed by atoms with van der Waals surface area (Å²) >= 11 is 0. The molecule has 4 aromatic carbocycles. The Morgan fingerprint density at radius 2 is 1.03 bits per heavy atom. The van der Waals surface area contributed by atoms with Gasteiger partial charge in [0.05, 0.1) is 5.69 Å². The van der Waals surface area contributed by atoms with E-state index in [1.165, 1.54) is 0 Å². The Bertz CT molecular complexity index is 1280. The number of hydrogen-bond donors (Lipinski definition) is 1. The van der Waals surface area contributed by atoms with E-state index in [-0.39, 0.29) is 25.2 Å². The second-order valence-corrected chi connectivity index (χ2v) is 7.07. The molecule has 4 heteroatoms. The van der Waals surface area contributed by atoms with Gasteiger partial charge in [-0.05, 0) is 17.7 Å². The summed E-state index contributed by atoms with van der Waals surface area (Å²) in [5.41, 5.74) is 6.66. The third-order valence-electron chi connectivity index (χ3n) is 5.15. The van der Waals surface area contributed by atoms with Gasteiger partial charge >= 0.3 is 0 Å². The zero-order chi connectivity index (χ0) is 20.3. The van der Waals surface area contributed by atoms with Gasteiger partial charge in [0.15, 0.2) is 0 Å². The molecule has 0 aliphatic rings. The largest absolute Gasteiger partial charge is 0.506 e. The zero-order valence-corrected chi connectivity index (χ0v) is 20.0. The third-order valence-corrected chi connectivity index (χ3v) is 5.15. The fraction of sp³-hybridized carbons (Fsp3) is 0. The molecule has 0 atom stereocenters. The van der Waals surface area contributed by atoms with Gasteiger partial charge in [0, 0.05) is 36.2 Å². The first kappa shape index (κ1) is 20.8. The number of aromatic nitrogens is 2. The molecule has 3 nitrogen and oxygen atoms in total. The molecule has 0 fully saturated rings. The minimum absolute atomic E-state index is 0. The van der Waals surface area contributed by atoms with E-state index in [0.29, 0.717) is 5.69 Å². The first-order chi connectivity index (χ1) is 14.8. The van der Waals surface area contributed by atoms with E-state index in [2.05, 4.69) is 36.4 Å². The number of para-hydroxylation sites is 2. The van der Waals surface area contributed by atoms with Crippen molar-refractivity contribution in [1.29, 1.82) is 0 Å². The SMILES string of the molecule is Oc1ccccc1-n1nc(-c2ccccc2)c(-c2ccccc2)c1-c1ccccc1.[Zn]. The van der Waals surface area contributed by atoms with Crippen molar-refractivity contribution in [3.63, 3.8) is 0 Å². The monoisotopic (exact) mass is 452 g/mol. The van der Waals surface area contributed by atoms with Crippen molar-refractivity contribution >= 4 is 0 Å². The van der Waals surface area contributed by atoms with Crippen LogP contribution in [-0.4, -0.2) is 14.9 Å². The van der Waals surface area contributed by atoms with Crippen LogP contribution in [0.25, 0.3) is 39.3 Å². The van der Waals surface area contributed by atoms with Gasteiger partial charge in [0.25, 0.3) is 0 Å². The zero-order valence-electron chi connectivity index (χ0n) is 17.0. The van der Waals surface area contributed by atoms with Gasteiger partial charge in [-0.2, -0.15) is 5.10 Å². The predicted octanol–water partition coefficient (Wildman–Crippen LogP) is 6.58. The quantitative estimate of drug-likeness (QED) is 0.312. The maximum atomic E-state index is 10.6. The third kappa shape index (κ3) is 3.95. The topological polar surface area (TPSA) is 38.0 Å². The normalized spacial score (nSPS) is 10.5. The molecule has 1 N–H and O–H groups in total. The number of rotatable bonds is 4. The van der Waals surface area contributed by atoms with Gasteiger partial charge in [-0.15, -0.1) is 0 Å². The van der Waals surface area contributed by atoms with Crippen LogP contribution in [0.15, 0.2) is 115 Å². The minimum Gasteiger partial charge on any atom is -0.506 e. The van der Waals surface area contributed by atoms with Crippen molar-refractivity contribution in [3.05, 3.63) is 115 Å². The molecule has 0 amide bonds. The fourth-order valence-corrected chi connectivity index (χ4v) is 3.77. The standard InChI is InChI=1S/C27H20N2O.Zn/c30-24-19-11-10-18-23(24)29-27(22-16-8-3-9-17-22)25(20-12-4-1-5-13-20)26(28-29)21-14-6-2-7-15-21;/h1-19,30H;. The van der Waals surface area contributed by atoms with Crippen LogP contribution < -0.4 is 0 Å². The second-order valence-electron chi connectivity index (χ2n) is 7.07. The molecule has 1 heterocycles. The number of aromatic hydroxyl groups is 1. The Balaban J connectivity index is 0.00000231. The Morgan fingerprint density at radius 3 is 1.61 bits per heavy atom. The van der Waals surface area contributed by atoms with Crippen molar-refractivity contribution in [2.45, 2.75) is 0 Å². The van der Waals surface area contributed by atoms with E-state index in [1.54, 1.807) is 6.07 Å². The van der Waals surface area contributed by atoms with E-state index in [0.717, 1.165) is 33.6 Å². The molecule has 1 aromatic heterocycles. The number of hydrogen-bond acceptors (Lipinski definition) is 2. The summed E-state index contributed by atoms with van der Waals surface area (Å²) < 4.78 is 1.86. The van der Waals surface area contributed by atoms with Crippen molar-refractivity contribution in [2.24, 2.45) is 0 Å². The van der Waals surface area contributed by atoms with Crippen LogP contribution in [0.5, 0.6) is 5.75 Å². The molecular weight excluding hydrogens is 434 g/mol. The molecule has 31 heavy (non-hydrogen) atoms. The Labute approximate surface area is 194 Å². The van der Waals surface area contributed by atoms with Crippen molar-refractivity contribution in [3.8, 4) is 45.1 Å². The molecule has 0 aliphatic carbocycles. The van der Waals surface area contributed by atoms with Crippen LogP contribution in [0.1, 0.15) is 0 Å². The summed E-state index contributed by atoms with van der Waals surface area (Å²) in [5, 5.41) is 15.6. The van der Waals surface area contributed by atoms with Gasteiger partial charge in [0.1, 0.15) is 17.1 Å². The van der Waals surface area contributed by atoms with Gasteiger partial charge in [-0.3, -0.25) is 0 Å². The summed E-state index contributed by atoms with van der Waals surface area (Å²) in [7, 11) is 0. The number of benzene rings is 4. The Kier molecular flexibility index (Phi) is 6.11. The van der Waals surface area contributed by atoms with Gasteiger partial charge < -0.3 is 5.11 Å². The van der Waals surface area contributed by atoms with E-state index in [9.17, 15) is 5.11 Å². The molecule has 0 saturated heterocycles. The van der Waals surface area contributed by atoms with E-state index in [4.69, 9.17) is 5.10 Å². The van der Waals surface area contributed by atoms with E-state index < -0.39 is 0 Å². The van der Waals surface area contributed by atoms with Crippen LogP contribution >= 0.6 is 0 Å². The van der Waals surface area contributed by atoms with Crippen molar-refractivity contribution < 1.29 is 24.6 Å². The molecule has 5 rings (SSSR count). The van der Waals surface area contributed by atoms with Crippen LogP contribution in [-0.2, 0) is 19.5 Å². The minimum atomic E-state index is 0. The maximum Gasteiger partial charge on any atom is 0.141 e. The molecule has 0 aliphatic heterocycles. The molecule has 0 spiro atoms. The first-order valence-electron chi connectivity index (χ1n) is 9.90. The Hall–Kier alpha value is -3.49. The van der Waals surface area contributed by atoms with Gasteiger partial charge in [-0.1, -0.05) is 103 Å². The molecule has 0 radical (unpaired) electrons. The summed E-state index contributed by atoms with van der Waals surface area (Å²) in [6, 6.07) is 38.0. The Morgan fingerprint density at radius 1 is 0.548 bits per heavy atom. The predicted molar refractivity (Wildman–Crippen MR) is 122 cm³/mol. The summed E-state index contributed by atoms with van der Waals surface area (Å²) in [6.45, 7) is 0. The smallest absolute Gasteiger partial charge is 0.141 e. The van der Waals surface area contributed by atoms with Crippen molar-refractivity contribution in [1.82, 2.24) is 9.78 Å². The fourth-order valence-electron chi connectivity index (χ4n) is 3.77. The maximum absolute atomic E-state index is 10.6. The van der Waals surface area contributed by atoms with Crippen LogP contribution in [0.4, 0.5) is 0 Å². The molecular formula is C27H20N2OZn. The average Bonchev–Trinajstić information content (AvgIpc) is 3.21. The van der Waals surface area contributed by atoms with Crippen LogP contribution in [0, 0.1) is 0 Å². The van der Waals surface area contributed by atoms with Crippen LogP contribution in [0.3, 0.4) is 0 Å². The number of phenols is 1. The van der Waals surface area contributed by atoms with Crippen molar-refractivity contribution in [2.75, 3.05) is 0 Å². The van der Waals surface area contributed by atoms with Crippen LogP contribution in [0.2, 0.25) is 0 Å². The van der Waals surface area contributed by atoms with E-state index in [1.807, 2.05) is 77.5 Å². The average molecular weight is 454 g/mol. The molecule has 5 aromatic rings. The number of nitrogens with zero attached hydrogens (tertiary/aromatic N) is 2. The molecule has 0 unspecified atom stereocenters. The summed E-state index contributed by atoms with van der Waals surface area (Å²) in [5.74, 6) is 0.191. The van der Waals surface area contributed by atoms with Gasteiger partial charge in [-0.25, -0.2) is 4.68 Å². The summed E-state index contributed by atoms with van der Waals surface area (Å²) in [6.07, 6.45) is 0. The molecule has 0 saturated carbocycles. The number of phenolic OH excluding ortho intramolecular Hbond substituents is 1. The van der Waals surface area contributed by atoms with E-state index >= 15 is 0 Å². The first-order valence-corrected chi connectivity index (χ1v) is 9.90. The molecule has 0 bridgehead atoms. The summed E-state index contributed by atoms with van der Waals surface area (Å²) in [4.78, 5) is 0. The van der Waals surface area contributed by atoms with Gasteiger partial charge in [0.2, 0.25) is 0 Å². The second kappa shape index (κ2) is 9.11. The molecule has 146 valence electrons.